The van der Waals surface area contributed by atoms with E-state index in [1.807, 2.05) is 12.1 Å². The van der Waals surface area contributed by atoms with E-state index in [2.05, 4.69) is 27.6 Å². The van der Waals surface area contributed by atoms with Crippen LogP contribution in [-0.2, 0) is 17.8 Å². The van der Waals surface area contributed by atoms with Crippen LogP contribution in [0.25, 0.3) is 0 Å². The Hall–Kier alpha value is -2.29. The highest BCUT2D eigenvalue weighted by molar-refractivity contribution is 7.15. The molecular weight excluding hydrogens is 364 g/mol. The van der Waals surface area contributed by atoms with Gasteiger partial charge in [0.05, 0.1) is 11.6 Å². The molecular formula is C19H22N4O3S. The number of hydrogen-bond acceptors (Lipinski definition) is 6. The van der Waals surface area contributed by atoms with E-state index in [0.29, 0.717) is 23.8 Å². The highest BCUT2D eigenvalue weighted by Crippen LogP contribution is 2.30. The van der Waals surface area contributed by atoms with Gasteiger partial charge in [-0.3, -0.25) is 14.9 Å². The highest BCUT2D eigenvalue weighted by Gasteiger charge is 2.34. The minimum atomic E-state index is -0.807. The molecule has 3 N–H and O–H groups in total. The smallest absolute Gasteiger partial charge is 0.308 e. The Kier molecular flexibility index (Phi) is 4.94. The molecule has 0 unspecified atom stereocenters. The Balaban J connectivity index is 1.50. The minimum absolute atomic E-state index is 0.127. The fraction of sp³-hybridized carbons (Fsp3) is 0.421. The minimum Gasteiger partial charge on any atom is -0.481 e. The predicted octanol–water partition coefficient (Wildman–Crippen LogP) is 1.77. The fourth-order valence-electron chi connectivity index (χ4n) is 3.74. The van der Waals surface area contributed by atoms with Crippen LogP contribution in [0, 0.1) is 5.92 Å². The van der Waals surface area contributed by atoms with Gasteiger partial charge < -0.3 is 15.3 Å². The van der Waals surface area contributed by atoms with E-state index in [9.17, 15) is 14.7 Å². The van der Waals surface area contributed by atoms with Crippen molar-refractivity contribution in [3.05, 3.63) is 46.0 Å². The van der Waals surface area contributed by atoms with Crippen LogP contribution in [-0.4, -0.2) is 53.5 Å². The van der Waals surface area contributed by atoms with Crippen LogP contribution in [0.15, 0.2) is 24.3 Å². The largest absolute Gasteiger partial charge is 0.481 e. The quantitative estimate of drug-likeness (QED) is 0.741. The van der Waals surface area contributed by atoms with E-state index in [1.165, 1.54) is 16.2 Å². The van der Waals surface area contributed by atoms with E-state index in [4.69, 9.17) is 0 Å². The van der Waals surface area contributed by atoms with Gasteiger partial charge in [-0.25, -0.2) is 4.98 Å². The zero-order valence-corrected chi connectivity index (χ0v) is 15.9. The molecule has 0 saturated carbocycles. The van der Waals surface area contributed by atoms with E-state index >= 15 is 0 Å². The van der Waals surface area contributed by atoms with Crippen LogP contribution in [0.3, 0.4) is 0 Å². The first-order valence-electron chi connectivity index (χ1n) is 9.03. The van der Waals surface area contributed by atoms with Gasteiger partial charge in [0, 0.05) is 49.0 Å². The summed E-state index contributed by atoms with van der Waals surface area (Å²) in [5.74, 6) is -1.61. The van der Waals surface area contributed by atoms with Gasteiger partial charge in [0.1, 0.15) is 0 Å². The van der Waals surface area contributed by atoms with Crippen molar-refractivity contribution in [2.45, 2.75) is 18.9 Å². The predicted molar refractivity (Wildman–Crippen MR) is 103 cm³/mol. The van der Waals surface area contributed by atoms with Crippen molar-refractivity contribution >= 4 is 28.3 Å². The lowest BCUT2D eigenvalue weighted by molar-refractivity contribution is -0.141. The second-order valence-corrected chi connectivity index (χ2v) is 8.25. The van der Waals surface area contributed by atoms with Crippen LogP contribution in [0.2, 0.25) is 0 Å². The van der Waals surface area contributed by atoms with Crippen molar-refractivity contribution in [1.29, 1.82) is 0 Å². The monoisotopic (exact) mass is 386 g/mol. The highest BCUT2D eigenvalue weighted by atomic mass is 32.1. The molecule has 2 aliphatic heterocycles. The molecule has 0 spiro atoms. The van der Waals surface area contributed by atoms with Gasteiger partial charge in [-0.2, -0.15) is 0 Å². The van der Waals surface area contributed by atoms with Crippen molar-refractivity contribution in [3.8, 4) is 0 Å². The van der Waals surface area contributed by atoms with Crippen molar-refractivity contribution in [1.82, 2.24) is 15.2 Å². The first-order valence-corrected chi connectivity index (χ1v) is 9.85. The first-order chi connectivity index (χ1) is 13.0. The number of fused-ring (bicyclic) bond motifs is 1. The van der Waals surface area contributed by atoms with Crippen LogP contribution < -0.4 is 10.6 Å². The van der Waals surface area contributed by atoms with Gasteiger partial charge in [0.25, 0.3) is 5.91 Å². The summed E-state index contributed by atoms with van der Waals surface area (Å²) < 4.78 is 0. The van der Waals surface area contributed by atoms with Gasteiger partial charge in [-0.1, -0.05) is 12.1 Å². The summed E-state index contributed by atoms with van der Waals surface area (Å²) in [5.41, 5.74) is 2.47. The first kappa shape index (κ1) is 18.1. The van der Waals surface area contributed by atoms with Crippen molar-refractivity contribution in [2.75, 3.05) is 32.0 Å². The summed E-state index contributed by atoms with van der Waals surface area (Å²) in [7, 11) is 2.08. The third-order valence-corrected chi connectivity index (χ3v) is 6.25. The molecule has 2 aromatic rings. The number of thiazole rings is 1. The average Bonchev–Trinajstić information content (AvgIpc) is 3.28. The van der Waals surface area contributed by atoms with E-state index in [-0.39, 0.29) is 11.8 Å². The fourth-order valence-corrected chi connectivity index (χ4v) is 4.83. The Morgan fingerprint density at radius 3 is 3.04 bits per heavy atom. The molecule has 4 rings (SSSR count). The Morgan fingerprint density at radius 1 is 1.37 bits per heavy atom. The maximum absolute atomic E-state index is 12.7. The number of nitrogens with zero attached hydrogens (tertiary/aromatic N) is 2. The number of aromatic nitrogens is 1. The van der Waals surface area contributed by atoms with E-state index < -0.39 is 11.9 Å². The maximum atomic E-state index is 12.7. The van der Waals surface area contributed by atoms with Crippen LogP contribution in [0.1, 0.15) is 32.4 Å². The van der Waals surface area contributed by atoms with Crippen LogP contribution >= 0.6 is 11.3 Å². The van der Waals surface area contributed by atoms with Gasteiger partial charge in [-0.15, -0.1) is 11.3 Å². The molecule has 1 aromatic heterocycles. The summed E-state index contributed by atoms with van der Waals surface area (Å²) in [6, 6.07) is 7.24. The molecule has 27 heavy (non-hydrogen) atoms. The normalized spacial score (nSPS) is 22.4. The number of likely N-dealkylation sites (N-methyl/N-ethyl adjacent to an activating group) is 1. The summed E-state index contributed by atoms with van der Waals surface area (Å²) in [6.07, 6.45) is 0.902. The molecule has 0 bridgehead atoms. The molecule has 1 fully saturated rings. The van der Waals surface area contributed by atoms with E-state index in [0.717, 1.165) is 30.8 Å². The molecule has 7 nitrogen and oxygen atoms in total. The molecule has 1 amide bonds. The topological polar surface area (TPSA) is 94.6 Å². The van der Waals surface area contributed by atoms with Gasteiger partial charge >= 0.3 is 5.97 Å². The lowest BCUT2D eigenvalue weighted by atomic mass is 9.88. The molecule has 1 aromatic carbocycles. The Morgan fingerprint density at radius 2 is 2.22 bits per heavy atom. The number of anilines is 1. The van der Waals surface area contributed by atoms with E-state index in [1.54, 1.807) is 12.1 Å². The molecule has 0 aliphatic carbocycles. The maximum Gasteiger partial charge on any atom is 0.308 e. The number of aliphatic carboxylic acids is 1. The summed E-state index contributed by atoms with van der Waals surface area (Å²) in [5, 5.41) is 16.0. The lowest BCUT2D eigenvalue weighted by Gasteiger charge is -2.20. The number of carbonyl (C=O) groups excluding carboxylic acids is 1. The molecule has 1 saturated heterocycles. The number of benzene rings is 1. The van der Waals surface area contributed by atoms with Gasteiger partial charge in [0.15, 0.2) is 5.13 Å². The molecule has 0 radical (unpaired) electrons. The number of carbonyl (C=O) groups is 2. The number of carboxylic acids is 1. The van der Waals surface area contributed by atoms with Crippen molar-refractivity contribution in [2.24, 2.45) is 5.92 Å². The molecule has 142 valence electrons. The number of rotatable bonds is 4. The van der Waals surface area contributed by atoms with Crippen molar-refractivity contribution < 1.29 is 14.7 Å². The zero-order valence-electron chi connectivity index (χ0n) is 15.1. The Labute approximate surface area is 161 Å². The van der Waals surface area contributed by atoms with Crippen LogP contribution in [0.5, 0.6) is 0 Å². The van der Waals surface area contributed by atoms with Crippen LogP contribution in [0.4, 0.5) is 5.13 Å². The molecule has 8 heteroatoms. The number of amides is 1. The van der Waals surface area contributed by atoms with Gasteiger partial charge in [0.2, 0.25) is 0 Å². The molecule has 3 heterocycles. The summed E-state index contributed by atoms with van der Waals surface area (Å²) in [4.78, 5) is 32.1. The molecule has 2 atom stereocenters. The number of carboxylic acid groups (broad SMARTS) is 1. The number of nitrogens with one attached hydrogen (secondary N) is 2. The van der Waals surface area contributed by atoms with Crippen molar-refractivity contribution in [3.63, 3.8) is 0 Å². The lowest BCUT2D eigenvalue weighted by Crippen LogP contribution is -2.25. The summed E-state index contributed by atoms with van der Waals surface area (Å²) in [6.45, 7) is 2.90. The SMILES string of the molecule is CN1CCc2nc(NC(=O)c3cccc([C@@H]4CNC[C@H]4C(=O)O)c3)sc2C1. The third-order valence-electron chi connectivity index (χ3n) is 5.25. The summed E-state index contributed by atoms with van der Waals surface area (Å²) >= 11 is 1.52. The average molecular weight is 386 g/mol. The molecule has 2 aliphatic rings. The second kappa shape index (κ2) is 7.38. The third kappa shape index (κ3) is 3.73. The Bertz CT molecular complexity index is 882. The zero-order chi connectivity index (χ0) is 19.0. The standard InChI is InChI=1S/C19H22N4O3S/c1-23-6-5-15-16(10-23)27-19(21-15)22-17(24)12-4-2-3-11(7-12)13-8-20-9-14(13)18(25)26/h2-4,7,13-14,20H,5-6,8-10H2,1H3,(H,25,26)(H,21,22,24)/t13-,14+/m0/s1. The number of hydrogen-bond donors (Lipinski definition) is 3. The second-order valence-electron chi connectivity index (χ2n) is 7.17. The van der Waals surface area contributed by atoms with Gasteiger partial charge in [-0.05, 0) is 24.7 Å².